The van der Waals surface area contributed by atoms with Crippen LogP contribution in [-0.4, -0.2) is 31.0 Å². The maximum absolute atomic E-state index is 11.2. The van der Waals surface area contributed by atoms with Crippen LogP contribution in [0.5, 0.6) is 0 Å². The van der Waals surface area contributed by atoms with Gasteiger partial charge in [0.25, 0.3) is 0 Å². The number of hydrogen-bond acceptors (Lipinski definition) is 5. The zero-order chi connectivity index (χ0) is 15.0. The number of nitrogens with zero attached hydrogens (tertiary/aromatic N) is 4. The minimum atomic E-state index is -1.05. The van der Waals surface area contributed by atoms with Crippen LogP contribution in [0, 0.1) is 0 Å². The highest BCUT2D eigenvalue weighted by Gasteiger charge is 2.17. The summed E-state index contributed by atoms with van der Waals surface area (Å²) < 4.78 is 6.72. The van der Waals surface area contributed by atoms with Crippen LogP contribution in [0.3, 0.4) is 0 Å². The molecule has 0 saturated heterocycles. The summed E-state index contributed by atoms with van der Waals surface area (Å²) in [6, 6.07) is 7.17. The molecule has 2 heterocycles. The first-order valence-electron chi connectivity index (χ1n) is 6.57. The summed E-state index contributed by atoms with van der Waals surface area (Å²) in [6.07, 6.45) is 0. The Morgan fingerprint density at radius 2 is 2.14 bits per heavy atom. The summed E-state index contributed by atoms with van der Waals surface area (Å²) in [5.41, 5.74) is 0.754. The minimum absolute atomic E-state index is 0.0261. The third-order valence-corrected chi connectivity index (χ3v) is 3.13. The fraction of sp³-hybridized carbons (Fsp3) is 0.286. The van der Waals surface area contributed by atoms with Crippen molar-refractivity contribution in [3.8, 4) is 0 Å². The SMILES string of the molecule is CC(C)c1nc(Cn2nc(C(=O)O)c3ccccc32)no1. The van der Waals surface area contributed by atoms with Gasteiger partial charge in [-0.05, 0) is 6.07 Å². The predicted octanol–water partition coefficient (Wildman–Crippen LogP) is 2.29. The van der Waals surface area contributed by atoms with Gasteiger partial charge in [-0.2, -0.15) is 10.1 Å². The summed E-state index contributed by atoms with van der Waals surface area (Å²) in [7, 11) is 0. The van der Waals surface area contributed by atoms with Gasteiger partial charge in [0.15, 0.2) is 11.5 Å². The number of aromatic carboxylic acids is 1. The van der Waals surface area contributed by atoms with Crippen molar-refractivity contribution in [3.63, 3.8) is 0 Å². The van der Waals surface area contributed by atoms with Crippen molar-refractivity contribution in [1.29, 1.82) is 0 Å². The Morgan fingerprint density at radius 1 is 1.38 bits per heavy atom. The van der Waals surface area contributed by atoms with Gasteiger partial charge in [0.2, 0.25) is 5.89 Å². The molecule has 7 heteroatoms. The molecule has 0 saturated carbocycles. The van der Waals surface area contributed by atoms with Crippen LogP contribution >= 0.6 is 0 Å². The summed E-state index contributed by atoms with van der Waals surface area (Å²) in [6.45, 7) is 4.19. The minimum Gasteiger partial charge on any atom is -0.476 e. The molecule has 108 valence electrons. The highest BCUT2D eigenvalue weighted by Crippen LogP contribution is 2.19. The first kappa shape index (κ1) is 13.3. The first-order valence-corrected chi connectivity index (χ1v) is 6.57. The predicted molar refractivity (Wildman–Crippen MR) is 74.2 cm³/mol. The lowest BCUT2D eigenvalue weighted by Crippen LogP contribution is -2.05. The van der Waals surface area contributed by atoms with E-state index in [2.05, 4.69) is 15.2 Å². The second-order valence-electron chi connectivity index (χ2n) is 5.03. The molecule has 21 heavy (non-hydrogen) atoms. The van der Waals surface area contributed by atoms with Gasteiger partial charge < -0.3 is 9.63 Å². The summed E-state index contributed by atoms with van der Waals surface area (Å²) in [5.74, 6) is 0.125. The monoisotopic (exact) mass is 286 g/mol. The summed E-state index contributed by atoms with van der Waals surface area (Å²) >= 11 is 0. The van der Waals surface area contributed by atoms with Gasteiger partial charge >= 0.3 is 5.97 Å². The molecular weight excluding hydrogens is 272 g/mol. The molecule has 3 rings (SSSR count). The lowest BCUT2D eigenvalue weighted by atomic mass is 10.2. The van der Waals surface area contributed by atoms with E-state index in [0.29, 0.717) is 17.1 Å². The Hall–Kier alpha value is -2.70. The Balaban J connectivity index is 2.02. The molecule has 0 radical (unpaired) electrons. The van der Waals surface area contributed by atoms with E-state index in [1.54, 1.807) is 16.8 Å². The molecule has 0 unspecified atom stereocenters. The van der Waals surface area contributed by atoms with Gasteiger partial charge in [0.05, 0.1) is 5.52 Å². The fourth-order valence-corrected chi connectivity index (χ4v) is 2.11. The number of carboxylic acid groups (broad SMARTS) is 1. The molecule has 0 bridgehead atoms. The molecule has 3 aromatic rings. The van der Waals surface area contributed by atoms with E-state index in [4.69, 9.17) is 4.52 Å². The van der Waals surface area contributed by atoms with Crippen molar-refractivity contribution < 1.29 is 14.4 Å². The van der Waals surface area contributed by atoms with E-state index >= 15 is 0 Å². The molecule has 0 atom stereocenters. The van der Waals surface area contributed by atoms with Crippen LogP contribution in [0.1, 0.15) is 42.0 Å². The molecule has 1 N–H and O–H groups in total. The number of carbonyl (C=O) groups is 1. The van der Waals surface area contributed by atoms with E-state index < -0.39 is 5.97 Å². The zero-order valence-electron chi connectivity index (χ0n) is 11.6. The molecule has 2 aromatic heterocycles. The second kappa shape index (κ2) is 5.01. The molecule has 7 nitrogen and oxygen atoms in total. The normalized spacial score (nSPS) is 11.4. The number of benzene rings is 1. The number of aromatic nitrogens is 4. The maximum atomic E-state index is 11.2. The first-order chi connectivity index (χ1) is 10.1. The van der Waals surface area contributed by atoms with Gasteiger partial charge in [-0.25, -0.2) is 4.79 Å². The molecule has 0 spiro atoms. The standard InChI is InChI=1S/C14H14N4O3/c1-8(2)13-15-11(17-21-13)7-18-10-6-4-3-5-9(10)12(16-18)14(19)20/h3-6,8H,7H2,1-2H3,(H,19,20). The number of rotatable bonds is 4. The number of carboxylic acids is 1. The zero-order valence-corrected chi connectivity index (χ0v) is 11.6. The lowest BCUT2D eigenvalue weighted by Gasteiger charge is -1.98. The molecule has 0 aliphatic carbocycles. The summed E-state index contributed by atoms with van der Waals surface area (Å²) in [5, 5.41) is 17.8. The van der Waals surface area contributed by atoms with Gasteiger partial charge in [-0.3, -0.25) is 4.68 Å². The van der Waals surface area contributed by atoms with E-state index in [0.717, 1.165) is 5.52 Å². The quantitative estimate of drug-likeness (QED) is 0.790. The van der Waals surface area contributed by atoms with Gasteiger partial charge in [-0.1, -0.05) is 37.2 Å². The van der Waals surface area contributed by atoms with Gasteiger partial charge in [-0.15, -0.1) is 0 Å². The van der Waals surface area contributed by atoms with Crippen LogP contribution in [0.15, 0.2) is 28.8 Å². The number of fused-ring (bicyclic) bond motifs is 1. The van der Waals surface area contributed by atoms with Crippen LogP contribution in [0.25, 0.3) is 10.9 Å². The fourth-order valence-electron chi connectivity index (χ4n) is 2.11. The molecule has 1 aromatic carbocycles. The van der Waals surface area contributed by atoms with E-state index in [9.17, 15) is 9.90 Å². The van der Waals surface area contributed by atoms with Gasteiger partial charge in [0, 0.05) is 11.3 Å². The van der Waals surface area contributed by atoms with Crippen molar-refractivity contribution in [2.45, 2.75) is 26.3 Å². The van der Waals surface area contributed by atoms with Crippen molar-refractivity contribution >= 4 is 16.9 Å². The molecule has 0 aliphatic heterocycles. The Labute approximate surface area is 120 Å². The number of para-hydroxylation sites is 1. The van der Waals surface area contributed by atoms with Crippen LogP contribution in [0.2, 0.25) is 0 Å². The van der Waals surface area contributed by atoms with Crippen LogP contribution < -0.4 is 0 Å². The molecular formula is C14H14N4O3. The van der Waals surface area contributed by atoms with Crippen LogP contribution in [0.4, 0.5) is 0 Å². The van der Waals surface area contributed by atoms with E-state index in [-0.39, 0.29) is 18.2 Å². The highest BCUT2D eigenvalue weighted by atomic mass is 16.5. The molecule has 0 fully saturated rings. The average Bonchev–Trinajstić information content (AvgIpc) is 3.05. The van der Waals surface area contributed by atoms with Crippen molar-refractivity contribution in [1.82, 2.24) is 19.9 Å². The number of hydrogen-bond donors (Lipinski definition) is 1. The van der Waals surface area contributed by atoms with E-state index in [1.165, 1.54) is 0 Å². The maximum Gasteiger partial charge on any atom is 0.357 e. The van der Waals surface area contributed by atoms with Crippen molar-refractivity contribution in [2.24, 2.45) is 0 Å². The van der Waals surface area contributed by atoms with Crippen molar-refractivity contribution in [2.75, 3.05) is 0 Å². The third kappa shape index (κ3) is 2.37. The Morgan fingerprint density at radius 3 is 2.81 bits per heavy atom. The third-order valence-electron chi connectivity index (χ3n) is 3.13. The van der Waals surface area contributed by atoms with E-state index in [1.807, 2.05) is 26.0 Å². The topological polar surface area (TPSA) is 94.0 Å². The van der Waals surface area contributed by atoms with Crippen LogP contribution in [-0.2, 0) is 6.54 Å². The Bertz CT molecular complexity index is 804. The highest BCUT2D eigenvalue weighted by molar-refractivity contribution is 6.01. The molecule has 0 aliphatic rings. The molecule has 0 amide bonds. The Kier molecular flexibility index (Phi) is 3.17. The largest absolute Gasteiger partial charge is 0.476 e. The van der Waals surface area contributed by atoms with Gasteiger partial charge in [0.1, 0.15) is 6.54 Å². The average molecular weight is 286 g/mol. The summed E-state index contributed by atoms with van der Waals surface area (Å²) in [4.78, 5) is 15.5. The second-order valence-corrected chi connectivity index (χ2v) is 5.03. The van der Waals surface area contributed by atoms with Crippen molar-refractivity contribution in [3.05, 3.63) is 41.7 Å². The lowest BCUT2D eigenvalue weighted by molar-refractivity contribution is 0.0691. The smallest absolute Gasteiger partial charge is 0.357 e.